The Morgan fingerprint density at radius 2 is 0.374 bits per heavy atom. The van der Waals surface area contributed by atoms with Crippen LogP contribution in [-0.4, -0.2) is 34.5 Å². The van der Waals surface area contributed by atoms with E-state index in [2.05, 4.69) is 564 Å². The fraction of sp³-hybridized carbons (Fsp3) is 0.0606. The van der Waals surface area contributed by atoms with Gasteiger partial charge in [-0.3, -0.25) is 0 Å². The molecule has 0 atom stereocenters. The molecule has 25 aromatic rings. The van der Waals surface area contributed by atoms with E-state index >= 15 is 0 Å². The van der Waals surface area contributed by atoms with Crippen molar-refractivity contribution in [2.24, 2.45) is 0 Å². The van der Waals surface area contributed by atoms with Crippen LogP contribution in [0.1, 0.15) is 27.7 Å². The summed E-state index contributed by atoms with van der Waals surface area (Å²) in [5.74, 6) is 0. The van der Waals surface area contributed by atoms with Gasteiger partial charge in [0, 0.05) is 8.95 Å². The Hall–Kier alpha value is -14.7. The lowest BCUT2D eigenvalue weighted by atomic mass is 9.79. The number of hydrogen-bond donors (Lipinski definition) is 0. The van der Waals surface area contributed by atoms with E-state index in [9.17, 15) is 0 Å². The van der Waals surface area contributed by atoms with E-state index in [0.29, 0.717) is 0 Å². The lowest BCUT2D eigenvalue weighted by Crippen LogP contribution is -2.65. The highest BCUT2D eigenvalue weighted by molar-refractivity contribution is 9.11. The van der Waals surface area contributed by atoms with Crippen molar-refractivity contribution in [3.63, 3.8) is 0 Å². The van der Waals surface area contributed by atoms with Crippen LogP contribution in [0.2, 0.25) is 13.1 Å². The Morgan fingerprint density at radius 3 is 0.640 bits per heavy atom. The maximum Gasteiger partial charge on any atom is 0.494 e. The maximum absolute atomic E-state index is 6.44. The Bertz CT molecular complexity index is 8610. The summed E-state index contributed by atoms with van der Waals surface area (Å²) in [6.07, 6.45) is 0. The molecule has 0 unspecified atom stereocenters. The molecule has 139 heavy (non-hydrogen) atoms. The minimum Gasteiger partial charge on any atom is -0.399 e. The second-order valence-corrected chi connectivity index (χ2v) is 47.9. The SMILES string of the molecule is Brc1c2ccccc2c(-c2ccc3ccccc3c2)c2ccccc12.Brc1c2ccccc2c(-c2ccc3ccccc3c2)c2ccccc12.CC1(C)OB(c2cccc([Si](C)(c3ccc4ccccc4c3)c3ccc4ccccc4c3)c2)OC1(C)C.C[Si](c1cccc(-c2c3ccccc3c(-c3ccc4ccccc4c3)c3ccccc23)c1)(c1ccc2ccccc2c1)c1ccc2ccccc2c1. The Labute approximate surface area is 830 Å². The first kappa shape index (κ1) is 88.3. The summed E-state index contributed by atoms with van der Waals surface area (Å²) in [5, 5.41) is 41.5. The Kier molecular flexibility index (Phi) is 23.3. The third-order valence-corrected chi connectivity index (χ3v) is 40.3. The number of hydrogen-bond acceptors (Lipinski definition) is 2. The zero-order chi connectivity index (χ0) is 94.1. The first-order valence-corrected chi connectivity index (χ1v) is 54.7. The van der Waals surface area contributed by atoms with E-state index in [4.69, 9.17) is 9.31 Å². The van der Waals surface area contributed by atoms with Crippen LogP contribution in [0.3, 0.4) is 0 Å². The molecule has 2 nitrogen and oxygen atoms in total. The molecule has 0 spiro atoms. The van der Waals surface area contributed by atoms with Gasteiger partial charge >= 0.3 is 7.12 Å². The molecule has 1 fully saturated rings. The smallest absolute Gasteiger partial charge is 0.399 e. The molecule has 1 heterocycles. The molecule has 0 bridgehead atoms. The molecule has 0 radical (unpaired) electrons. The van der Waals surface area contributed by atoms with Gasteiger partial charge in [-0.25, -0.2) is 0 Å². The van der Waals surface area contributed by atoms with Crippen molar-refractivity contribution in [1.82, 2.24) is 0 Å². The Morgan fingerprint density at radius 1 is 0.180 bits per heavy atom. The van der Waals surface area contributed by atoms with Crippen LogP contribution in [0.25, 0.3) is 185 Å². The molecule has 25 aromatic carbocycles. The molecule has 1 saturated heterocycles. The average molecular weight is 1940 g/mol. The van der Waals surface area contributed by atoms with Crippen LogP contribution >= 0.6 is 31.9 Å². The summed E-state index contributed by atoms with van der Waals surface area (Å²) >= 11 is 7.66. The largest absolute Gasteiger partial charge is 0.494 e. The van der Waals surface area contributed by atoms with Crippen molar-refractivity contribution < 1.29 is 9.31 Å². The van der Waals surface area contributed by atoms with Crippen LogP contribution in [0.15, 0.2) is 500 Å². The molecular formula is C132H99BBr2O2Si2. The normalized spacial score (nSPS) is 13.1. The highest BCUT2D eigenvalue weighted by atomic mass is 79.9. The quantitative estimate of drug-likeness (QED) is 0.0730. The zero-order valence-corrected chi connectivity index (χ0v) is 83.6. The number of halogens is 2. The number of rotatable bonds is 11. The molecule has 7 heteroatoms. The van der Waals surface area contributed by atoms with Crippen molar-refractivity contribution in [1.29, 1.82) is 0 Å². The fourth-order valence-corrected chi connectivity index (χ4v) is 30.1. The van der Waals surface area contributed by atoms with Crippen LogP contribution < -0.4 is 36.6 Å². The van der Waals surface area contributed by atoms with E-state index in [1.165, 1.54) is 225 Å². The van der Waals surface area contributed by atoms with E-state index in [1.807, 2.05) is 0 Å². The van der Waals surface area contributed by atoms with Gasteiger partial charge in [0.05, 0.1) is 11.2 Å². The first-order valence-electron chi connectivity index (χ1n) is 48.1. The molecule has 0 N–H and O–H groups in total. The standard InChI is InChI=1S/C51H36Si.C33H33BO2Si.2C24H15Br/c1-52(44-29-27-36-14-3-6-17-39(36)32-44,45-30-28-37-15-4-7-18-40(37)33-45)43-20-12-19-41(34-43)50-46-21-8-10-23-48(46)51(49-24-11-9-22-47(49)50)42-26-25-35-13-2-5-16-38(35)31-42;1-32(2)33(3,4)36-34(35-32)28-15-10-16-29(23-28)37(5,30-19-17-24-11-6-8-13-26(24)21-30)31-20-18-25-12-7-9-14-27(25)22-31;2*25-24-21-11-5-3-9-19(21)23(20-10-4-6-12-22(20)24)18-14-13-16-7-1-2-8-17(16)15-18/h2-34H,1H3;6-23H,1-5H3;2*1-15H. The van der Waals surface area contributed by atoms with Gasteiger partial charge in [0.25, 0.3) is 0 Å². The third-order valence-electron chi connectivity index (χ3n) is 29.8. The highest BCUT2D eigenvalue weighted by Crippen LogP contribution is 2.48. The van der Waals surface area contributed by atoms with Crippen molar-refractivity contribution in [2.45, 2.75) is 52.0 Å². The van der Waals surface area contributed by atoms with Gasteiger partial charge in [-0.15, -0.1) is 0 Å². The van der Waals surface area contributed by atoms with Gasteiger partial charge < -0.3 is 9.31 Å². The summed E-state index contributed by atoms with van der Waals surface area (Å²) in [4.78, 5) is 0. The van der Waals surface area contributed by atoms with Crippen LogP contribution in [0.4, 0.5) is 0 Å². The first-order chi connectivity index (χ1) is 68.0. The Balaban J connectivity index is 0.000000109. The van der Waals surface area contributed by atoms with Gasteiger partial charge in [-0.2, -0.15) is 0 Å². The zero-order valence-electron chi connectivity index (χ0n) is 78.4. The van der Waals surface area contributed by atoms with E-state index in [-0.39, 0.29) is 18.3 Å². The molecule has 26 rings (SSSR count). The van der Waals surface area contributed by atoms with Crippen molar-refractivity contribution in [2.75, 3.05) is 0 Å². The van der Waals surface area contributed by atoms with Gasteiger partial charge in [0.2, 0.25) is 0 Å². The summed E-state index contributed by atoms with van der Waals surface area (Å²) < 4.78 is 15.2. The fourth-order valence-electron chi connectivity index (χ4n) is 21.5. The highest BCUT2D eigenvalue weighted by Gasteiger charge is 2.52. The third kappa shape index (κ3) is 16.2. The monoisotopic (exact) mass is 1940 g/mol. The van der Waals surface area contributed by atoms with Gasteiger partial charge in [0.15, 0.2) is 0 Å². The average Bonchev–Trinajstić information content (AvgIpc) is 0.949. The van der Waals surface area contributed by atoms with Crippen molar-refractivity contribution >= 4 is 232 Å². The topological polar surface area (TPSA) is 18.5 Å². The second-order valence-electron chi connectivity index (χ2n) is 38.4. The van der Waals surface area contributed by atoms with Gasteiger partial charge in [0.1, 0.15) is 16.1 Å². The predicted octanol–water partition coefficient (Wildman–Crippen LogP) is 32.4. The minimum absolute atomic E-state index is 0.370. The molecule has 0 aromatic heterocycles. The molecule has 0 aliphatic carbocycles. The molecule has 1 aliphatic heterocycles. The number of fused-ring (bicyclic) bond motifs is 13. The van der Waals surface area contributed by atoms with Crippen molar-refractivity contribution in [3.05, 3.63) is 500 Å². The minimum atomic E-state index is -2.50. The maximum atomic E-state index is 6.44. The van der Waals surface area contributed by atoms with Crippen molar-refractivity contribution in [3.8, 4) is 44.5 Å². The lowest BCUT2D eigenvalue weighted by molar-refractivity contribution is 0.00578. The van der Waals surface area contributed by atoms with Crippen LogP contribution in [-0.2, 0) is 9.31 Å². The molecule has 0 saturated carbocycles. The van der Waals surface area contributed by atoms with Crippen LogP contribution in [0.5, 0.6) is 0 Å². The molecule has 1 aliphatic rings. The summed E-state index contributed by atoms with van der Waals surface area (Å²) in [6, 6.07) is 180. The molecule has 0 amide bonds. The van der Waals surface area contributed by atoms with E-state index < -0.39 is 16.1 Å². The predicted molar refractivity (Wildman–Crippen MR) is 613 cm³/mol. The second kappa shape index (κ2) is 36.6. The van der Waals surface area contributed by atoms with Gasteiger partial charge in [-0.05, 0) is 299 Å². The van der Waals surface area contributed by atoms with Gasteiger partial charge in [-0.1, -0.05) is 486 Å². The summed E-state index contributed by atoms with van der Waals surface area (Å²) in [5.41, 5.74) is 10.6. The molecular weight excluding hydrogens is 1840 g/mol. The lowest BCUT2D eigenvalue weighted by Gasteiger charge is -2.32. The summed E-state index contributed by atoms with van der Waals surface area (Å²) in [6.45, 7) is 13.5. The van der Waals surface area contributed by atoms with E-state index in [0.717, 1.165) is 5.46 Å². The van der Waals surface area contributed by atoms with E-state index in [1.54, 1.807) is 0 Å². The molecule has 664 valence electrons. The van der Waals surface area contributed by atoms with Crippen LogP contribution in [0, 0.1) is 0 Å². The summed E-state index contributed by atoms with van der Waals surface area (Å²) in [7, 11) is -5.26. The number of benzene rings is 25.